The van der Waals surface area contributed by atoms with Gasteiger partial charge in [0.05, 0.1) is 50.2 Å². The third-order valence-electron chi connectivity index (χ3n) is 15.0. The summed E-state index contributed by atoms with van der Waals surface area (Å²) in [5.41, 5.74) is 2.13. The number of allylic oxidation sites excluding steroid dienone is 1. The highest BCUT2D eigenvalue weighted by Crippen LogP contribution is 2.55. The summed E-state index contributed by atoms with van der Waals surface area (Å²) in [6.07, 6.45) is 8.58. The van der Waals surface area contributed by atoms with Crippen molar-refractivity contribution in [2.45, 2.75) is 116 Å². The number of hydrogen-bond donors (Lipinski definition) is 5. The van der Waals surface area contributed by atoms with E-state index in [1.54, 1.807) is 13.2 Å². The number of aliphatic hydroxyl groups is 3. The zero-order chi connectivity index (χ0) is 48.4. The summed E-state index contributed by atoms with van der Waals surface area (Å²) in [6.45, 7) is 4.57. The van der Waals surface area contributed by atoms with Gasteiger partial charge in [-0.3, -0.25) is 24.0 Å². The quantitative estimate of drug-likeness (QED) is 0.0240. The lowest BCUT2D eigenvalue weighted by Gasteiger charge is -2.27. The van der Waals surface area contributed by atoms with Crippen molar-refractivity contribution in [2.75, 3.05) is 59.2 Å². The maximum atomic E-state index is 15.3. The molecule has 0 aliphatic heterocycles. The third-order valence-corrected chi connectivity index (χ3v) is 15.0. The SMILES string of the molecule is COCCOCCCC(=O)C1CCC(Cc2c(O)c3c(=O)cc(CO)c4c5c(CO)cc(NC6CCC(C(=O)CCCOCCCO)C6)c6c(=O)c(OC)c7c(c(c2C=C(C)C7C(C)=O)c34)c65)C1. The molecule has 5 unspecified atom stereocenters. The summed E-state index contributed by atoms with van der Waals surface area (Å²) in [6, 6.07) is 2.83. The maximum absolute atomic E-state index is 15.3. The lowest BCUT2D eigenvalue weighted by molar-refractivity contribution is -0.123. The largest absolute Gasteiger partial charge is 0.507 e. The first-order chi connectivity index (χ1) is 32.9. The molecule has 68 heavy (non-hydrogen) atoms. The molecule has 2 fully saturated rings. The van der Waals surface area contributed by atoms with E-state index in [4.69, 9.17) is 24.1 Å². The number of carbonyl (C=O) groups excluding carboxylic acids is 3. The molecule has 5 aromatic carbocycles. The second-order valence-corrected chi connectivity index (χ2v) is 19.2. The second-order valence-electron chi connectivity index (χ2n) is 19.2. The Morgan fingerprint density at radius 1 is 0.721 bits per heavy atom. The van der Waals surface area contributed by atoms with Gasteiger partial charge in [0.2, 0.25) is 5.43 Å². The summed E-state index contributed by atoms with van der Waals surface area (Å²) >= 11 is 0. The van der Waals surface area contributed by atoms with Crippen molar-refractivity contribution >= 4 is 72.2 Å². The van der Waals surface area contributed by atoms with Gasteiger partial charge in [0.25, 0.3) is 0 Å². The van der Waals surface area contributed by atoms with Crippen LogP contribution >= 0.6 is 0 Å². The predicted octanol–water partition coefficient (Wildman–Crippen LogP) is 6.98. The molecule has 8 rings (SSSR count). The van der Waals surface area contributed by atoms with Crippen LogP contribution in [0.2, 0.25) is 0 Å². The van der Waals surface area contributed by atoms with Crippen LogP contribution in [0, 0.1) is 17.8 Å². The number of methoxy groups -OCH3 is 2. The fourth-order valence-corrected chi connectivity index (χ4v) is 11.9. The first-order valence-corrected chi connectivity index (χ1v) is 24.3. The molecule has 364 valence electrons. The smallest absolute Gasteiger partial charge is 0.230 e. The van der Waals surface area contributed by atoms with E-state index in [1.807, 2.05) is 13.0 Å². The summed E-state index contributed by atoms with van der Waals surface area (Å²) in [7, 11) is 3.01. The number of ketones is 3. The molecule has 0 radical (unpaired) electrons. The van der Waals surface area contributed by atoms with Gasteiger partial charge in [0.15, 0.2) is 11.2 Å². The molecular formula is C54H65NO13. The van der Waals surface area contributed by atoms with Crippen LogP contribution < -0.4 is 20.9 Å². The van der Waals surface area contributed by atoms with Crippen LogP contribution in [-0.2, 0) is 48.2 Å². The molecular weight excluding hydrogens is 871 g/mol. The van der Waals surface area contributed by atoms with Crippen molar-refractivity contribution in [3.05, 3.63) is 66.0 Å². The number of ether oxygens (including phenoxy) is 4. The molecule has 0 heterocycles. The van der Waals surface area contributed by atoms with Crippen LogP contribution in [0.4, 0.5) is 5.69 Å². The Labute approximate surface area is 395 Å². The van der Waals surface area contributed by atoms with Crippen LogP contribution in [0.1, 0.15) is 118 Å². The van der Waals surface area contributed by atoms with Crippen molar-refractivity contribution < 1.29 is 53.8 Å². The number of phenolic OH excluding ortho intramolecular Hbond substituents is 1. The number of rotatable bonds is 24. The molecule has 0 spiro atoms. The Morgan fingerprint density at radius 3 is 2.00 bits per heavy atom. The zero-order valence-electron chi connectivity index (χ0n) is 39.7. The van der Waals surface area contributed by atoms with Gasteiger partial charge in [-0.25, -0.2) is 0 Å². The lowest BCUT2D eigenvalue weighted by atomic mass is 9.78. The van der Waals surface area contributed by atoms with Gasteiger partial charge >= 0.3 is 0 Å². The molecule has 3 aliphatic carbocycles. The van der Waals surface area contributed by atoms with Gasteiger partial charge in [0, 0.05) is 91.8 Å². The van der Waals surface area contributed by atoms with Crippen LogP contribution in [0.15, 0.2) is 27.3 Å². The van der Waals surface area contributed by atoms with Crippen molar-refractivity contribution in [3.8, 4) is 11.5 Å². The Hall–Kier alpha value is -5.09. The summed E-state index contributed by atoms with van der Waals surface area (Å²) in [5.74, 6) is -1.50. The van der Waals surface area contributed by atoms with Gasteiger partial charge in [-0.1, -0.05) is 11.6 Å². The van der Waals surface area contributed by atoms with E-state index in [9.17, 15) is 34.5 Å². The van der Waals surface area contributed by atoms with Crippen molar-refractivity contribution in [2.24, 2.45) is 17.8 Å². The van der Waals surface area contributed by atoms with Gasteiger partial charge in [0.1, 0.15) is 23.1 Å². The number of benzene rings is 5. The number of hydrogen-bond acceptors (Lipinski definition) is 14. The molecule has 3 aliphatic rings. The first-order valence-electron chi connectivity index (χ1n) is 24.3. The Bertz CT molecular complexity index is 2870. The molecule has 5 atom stereocenters. The molecule has 0 saturated heterocycles. The third kappa shape index (κ3) is 9.11. The molecule has 14 nitrogen and oxygen atoms in total. The van der Waals surface area contributed by atoms with Crippen molar-refractivity contribution in [1.29, 1.82) is 0 Å². The minimum absolute atomic E-state index is 0.0152. The van der Waals surface area contributed by atoms with Crippen molar-refractivity contribution in [3.63, 3.8) is 0 Å². The lowest BCUT2D eigenvalue weighted by Crippen LogP contribution is -2.22. The first kappa shape index (κ1) is 49.3. The van der Waals surface area contributed by atoms with Gasteiger partial charge < -0.3 is 44.7 Å². The van der Waals surface area contributed by atoms with Gasteiger partial charge in [-0.15, -0.1) is 0 Å². The molecule has 0 aromatic heterocycles. The van der Waals surface area contributed by atoms with Crippen LogP contribution in [-0.4, -0.2) is 97.7 Å². The highest BCUT2D eigenvalue weighted by atomic mass is 16.5. The molecule has 0 amide bonds. The number of aliphatic hydroxyl groups excluding tert-OH is 3. The summed E-state index contributed by atoms with van der Waals surface area (Å²) < 4.78 is 22.2. The summed E-state index contributed by atoms with van der Waals surface area (Å²) in [4.78, 5) is 70.6. The summed E-state index contributed by atoms with van der Waals surface area (Å²) in [5, 5.41) is 50.4. The highest BCUT2D eigenvalue weighted by molar-refractivity contribution is 6.39. The van der Waals surface area contributed by atoms with E-state index < -0.39 is 30.0 Å². The number of fused-ring (bicyclic) bond motifs is 1. The number of nitrogens with one attached hydrogen (secondary N) is 1. The van der Waals surface area contributed by atoms with Crippen molar-refractivity contribution in [1.82, 2.24) is 0 Å². The number of anilines is 1. The van der Waals surface area contributed by atoms with E-state index in [0.29, 0.717) is 169 Å². The Kier molecular flexibility index (Phi) is 15.4. The molecule has 0 bridgehead atoms. The molecule has 5 N–H and O–H groups in total. The second kappa shape index (κ2) is 21.3. The predicted molar refractivity (Wildman–Crippen MR) is 261 cm³/mol. The van der Waals surface area contributed by atoms with Crippen LogP contribution in [0.5, 0.6) is 11.5 Å². The average Bonchev–Trinajstić information content (AvgIpc) is 3.97. The minimum Gasteiger partial charge on any atom is -0.507 e. The molecule has 5 aromatic rings. The van der Waals surface area contributed by atoms with E-state index >= 15 is 4.79 Å². The van der Waals surface area contributed by atoms with E-state index in [-0.39, 0.29) is 75.6 Å². The number of carbonyl (C=O) groups is 3. The molecule has 2 saturated carbocycles. The van der Waals surface area contributed by atoms with Gasteiger partial charge in [-0.2, -0.15) is 0 Å². The Morgan fingerprint density at radius 2 is 1.35 bits per heavy atom. The van der Waals surface area contributed by atoms with Crippen LogP contribution in [0.3, 0.4) is 0 Å². The standard InChI is InChI=1S/C54H65NO13/c1-28-20-36-37(22-30-10-11-31(21-30)39(60)8-6-16-68-19-18-65-3)52(63)47-41(62)25-34(27-58)44-43-33(26-57)24-38(55-35-13-12-32(23-35)40(61)9-5-15-67-17-7-14-56)46-49(43)50(45(36)48(44)47)51(42(28)29(2)59)54(66-4)53(46)64/h20,24-25,30-32,35,42,55-58,63H,5-19,21-23,26-27H2,1-4H3. The number of Topliss-reactive ketones (excluding diaryl/α,β-unsaturated/α-hetero) is 3. The topological polar surface area (TPSA) is 215 Å². The minimum atomic E-state index is -0.959. The van der Waals surface area contributed by atoms with Crippen LogP contribution in [0.25, 0.3) is 49.2 Å². The molecule has 14 heteroatoms. The van der Waals surface area contributed by atoms with E-state index in [2.05, 4.69) is 5.32 Å². The Balaban J connectivity index is 1.29. The monoisotopic (exact) mass is 935 g/mol. The van der Waals surface area contributed by atoms with Gasteiger partial charge in [-0.05, 0) is 134 Å². The average molecular weight is 936 g/mol. The number of phenols is 1. The maximum Gasteiger partial charge on any atom is 0.230 e. The van der Waals surface area contributed by atoms with E-state index in [0.717, 1.165) is 6.42 Å². The highest BCUT2D eigenvalue weighted by Gasteiger charge is 2.39. The number of aromatic hydroxyl groups is 1. The van der Waals surface area contributed by atoms with E-state index in [1.165, 1.54) is 20.1 Å². The fraction of sp³-hybridized carbons (Fsp3) is 0.537. The normalized spacial score (nSPS) is 20.3. The fourth-order valence-electron chi connectivity index (χ4n) is 11.9. The zero-order valence-corrected chi connectivity index (χ0v) is 39.7.